The number of carboxylic acids is 1. The van der Waals surface area contributed by atoms with E-state index in [1.165, 1.54) is 17.8 Å². The van der Waals surface area contributed by atoms with Gasteiger partial charge in [0.25, 0.3) is 0 Å². The zero-order chi connectivity index (χ0) is 13.9. The van der Waals surface area contributed by atoms with Crippen molar-refractivity contribution in [2.24, 2.45) is 7.05 Å². The molecule has 1 amide bonds. The van der Waals surface area contributed by atoms with Gasteiger partial charge >= 0.3 is 5.97 Å². The topological polar surface area (TPSA) is 84.2 Å². The molecule has 2 heterocycles. The number of aliphatic carboxylic acids is 1. The zero-order valence-corrected chi connectivity index (χ0v) is 11.3. The minimum Gasteiger partial charge on any atom is -0.479 e. The van der Waals surface area contributed by atoms with Gasteiger partial charge < -0.3 is 10.4 Å². The minimum absolute atomic E-state index is 0.397. The van der Waals surface area contributed by atoms with Crippen molar-refractivity contribution in [2.75, 3.05) is 11.5 Å². The van der Waals surface area contributed by atoms with E-state index in [-0.39, 0.29) is 0 Å². The number of rotatable bonds is 4. The van der Waals surface area contributed by atoms with E-state index in [0.29, 0.717) is 12.2 Å². The second kappa shape index (κ2) is 5.48. The highest BCUT2D eigenvalue weighted by molar-refractivity contribution is 7.99. The fourth-order valence-corrected chi connectivity index (χ4v) is 3.20. The normalized spacial score (nSPS) is 22.8. The maximum atomic E-state index is 11.8. The summed E-state index contributed by atoms with van der Waals surface area (Å²) >= 11 is 1.54. The Morgan fingerprint density at radius 1 is 1.63 bits per heavy atom. The molecule has 102 valence electrons. The molecule has 1 aromatic heterocycles. The molecule has 0 spiro atoms. The van der Waals surface area contributed by atoms with Gasteiger partial charge in [-0.05, 0) is 24.3 Å². The van der Waals surface area contributed by atoms with Crippen LogP contribution in [0.25, 0.3) is 6.08 Å². The fourth-order valence-electron chi connectivity index (χ4n) is 1.87. The number of nitrogens with one attached hydrogen (secondary N) is 1. The quantitative estimate of drug-likeness (QED) is 0.786. The molecule has 2 N–H and O–H groups in total. The first-order valence-electron chi connectivity index (χ1n) is 5.83. The van der Waals surface area contributed by atoms with Crippen LogP contribution in [0.1, 0.15) is 12.1 Å². The minimum atomic E-state index is -1.13. The van der Waals surface area contributed by atoms with Gasteiger partial charge in [-0.2, -0.15) is 16.9 Å². The third kappa shape index (κ3) is 2.98. The van der Waals surface area contributed by atoms with Gasteiger partial charge in [-0.25, -0.2) is 4.79 Å². The number of aryl methyl sites for hydroxylation is 1. The van der Waals surface area contributed by atoms with Crippen LogP contribution in [0.5, 0.6) is 0 Å². The molecule has 0 saturated carbocycles. The third-order valence-electron chi connectivity index (χ3n) is 3.06. The van der Waals surface area contributed by atoms with E-state index in [4.69, 9.17) is 0 Å². The summed E-state index contributed by atoms with van der Waals surface area (Å²) in [5.74, 6) is -0.211. The molecule has 1 atom stereocenters. The number of carboxylic acid groups (broad SMARTS) is 1. The predicted molar refractivity (Wildman–Crippen MR) is 72.7 cm³/mol. The van der Waals surface area contributed by atoms with Crippen molar-refractivity contribution in [2.45, 2.75) is 12.0 Å². The molecule has 6 nitrogen and oxygen atoms in total. The molecule has 1 aliphatic heterocycles. The molecular formula is C12H15N3O3S. The number of carbonyl (C=O) groups is 2. The lowest BCUT2D eigenvalue weighted by Gasteiger charge is -2.23. The molecule has 1 aliphatic rings. The van der Waals surface area contributed by atoms with Crippen LogP contribution in [0, 0.1) is 0 Å². The second-order valence-corrected chi connectivity index (χ2v) is 5.50. The van der Waals surface area contributed by atoms with Crippen LogP contribution in [0.2, 0.25) is 0 Å². The Bertz CT molecular complexity index is 518. The first-order chi connectivity index (χ1) is 9.03. The summed E-state index contributed by atoms with van der Waals surface area (Å²) in [6, 6.07) is 1.77. The molecule has 1 saturated heterocycles. The van der Waals surface area contributed by atoms with Crippen LogP contribution >= 0.6 is 11.8 Å². The maximum absolute atomic E-state index is 11.8. The molecule has 0 radical (unpaired) electrons. The Morgan fingerprint density at radius 2 is 2.42 bits per heavy atom. The Kier molecular flexibility index (Phi) is 3.94. The number of hydrogen-bond donors (Lipinski definition) is 2. The third-order valence-corrected chi connectivity index (χ3v) is 4.25. The number of aromatic nitrogens is 2. The Balaban J connectivity index is 2.03. The van der Waals surface area contributed by atoms with Crippen molar-refractivity contribution in [3.63, 3.8) is 0 Å². The molecule has 7 heteroatoms. The first kappa shape index (κ1) is 13.7. The van der Waals surface area contributed by atoms with Gasteiger partial charge in [0.15, 0.2) is 0 Å². The summed E-state index contributed by atoms with van der Waals surface area (Å²) in [6.45, 7) is 0. The summed E-state index contributed by atoms with van der Waals surface area (Å²) in [4.78, 5) is 23.1. The van der Waals surface area contributed by atoms with Crippen molar-refractivity contribution in [3.05, 3.63) is 24.0 Å². The van der Waals surface area contributed by atoms with Gasteiger partial charge in [0.1, 0.15) is 5.54 Å². The summed E-state index contributed by atoms with van der Waals surface area (Å²) < 4.78 is 1.63. The van der Waals surface area contributed by atoms with Gasteiger partial charge in [-0.15, -0.1) is 0 Å². The van der Waals surface area contributed by atoms with E-state index < -0.39 is 17.4 Å². The van der Waals surface area contributed by atoms with Crippen LogP contribution in [-0.4, -0.2) is 43.8 Å². The van der Waals surface area contributed by atoms with Crippen LogP contribution < -0.4 is 5.32 Å². The van der Waals surface area contributed by atoms with E-state index in [1.807, 2.05) is 0 Å². The van der Waals surface area contributed by atoms with E-state index in [0.717, 1.165) is 11.4 Å². The standard InChI is InChI=1S/C12H15N3O3S/c1-15-9(4-6-13-15)2-3-10(16)14-12(11(17)18)5-7-19-8-12/h2-4,6H,5,7-8H2,1H3,(H,14,16)(H,17,18). The molecule has 19 heavy (non-hydrogen) atoms. The Morgan fingerprint density at radius 3 is 2.95 bits per heavy atom. The van der Waals surface area contributed by atoms with Gasteiger partial charge in [-0.3, -0.25) is 9.48 Å². The van der Waals surface area contributed by atoms with E-state index in [2.05, 4.69) is 10.4 Å². The maximum Gasteiger partial charge on any atom is 0.330 e. The van der Waals surface area contributed by atoms with Gasteiger partial charge in [0, 0.05) is 25.1 Å². The van der Waals surface area contributed by atoms with Crippen LogP contribution in [-0.2, 0) is 16.6 Å². The smallest absolute Gasteiger partial charge is 0.330 e. The number of carbonyl (C=O) groups excluding carboxylic acids is 1. The van der Waals surface area contributed by atoms with Crippen LogP contribution in [0.3, 0.4) is 0 Å². The van der Waals surface area contributed by atoms with Crippen molar-refractivity contribution in [1.82, 2.24) is 15.1 Å². The summed E-state index contributed by atoms with van der Waals surface area (Å²) in [5, 5.41) is 15.8. The van der Waals surface area contributed by atoms with Crippen molar-refractivity contribution < 1.29 is 14.7 Å². The number of amides is 1. The summed E-state index contributed by atoms with van der Waals surface area (Å²) in [6.07, 6.45) is 5.03. The van der Waals surface area contributed by atoms with Crippen molar-refractivity contribution in [3.8, 4) is 0 Å². The average Bonchev–Trinajstić information content (AvgIpc) is 2.97. The molecule has 1 unspecified atom stereocenters. The summed E-state index contributed by atoms with van der Waals surface area (Å²) in [5.41, 5.74) is -0.348. The van der Waals surface area contributed by atoms with Gasteiger partial charge in [0.05, 0.1) is 5.69 Å². The molecule has 0 bridgehead atoms. The highest BCUT2D eigenvalue weighted by Crippen LogP contribution is 2.28. The van der Waals surface area contributed by atoms with E-state index in [1.54, 1.807) is 30.1 Å². The van der Waals surface area contributed by atoms with E-state index >= 15 is 0 Å². The summed E-state index contributed by atoms with van der Waals surface area (Å²) in [7, 11) is 1.77. The Labute approximate surface area is 114 Å². The highest BCUT2D eigenvalue weighted by atomic mass is 32.2. The van der Waals surface area contributed by atoms with Crippen LogP contribution in [0.4, 0.5) is 0 Å². The van der Waals surface area contributed by atoms with Crippen molar-refractivity contribution >= 4 is 29.7 Å². The lowest BCUT2D eigenvalue weighted by molar-refractivity contribution is -0.145. The number of thioether (sulfide) groups is 1. The molecule has 0 aromatic carbocycles. The largest absolute Gasteiger partial charge is 0.479 e. The van der Waals surface area contributed by atoms with E-state index in [9.17, 15) is 14.7 Å². The number of nitrogens with zero attached hydrogens (tertiary/aromatic N) is 2. The highest BCUT2D eigenvalue weighted by Gasteiger charge is 2.42. The van der Waals surface area contributed by atoms with Crippen LogP contribution in [0.15, 0.2) is 18.3 Å². The fraction of sp³-hybridized carbons (Fsp3) is 0.417. The molecule has 1 fully saturated rings. The molecule has 0 aliphatic carbocycles. The number of hydrogen-bond acceptors (Lipinski definition) is 4. The first-order valence-corrected chi connectivity index (χ1v) is 6.98. The lowest BCUT2D eigenvalue weighted by Crippen LogP contribution is -2.54. The monoisotopic (exact) mass is 281 g/mol. The van der Waals surface area contributed by atoms with Crippen molar-refractivity contribution in [1.29, 1.82) is 0 Å². The zero-order valence-electron chi connectivity index (χ0n) is 10.5. The lowest BCUT2D eigenvalue weighted by atomic mass is 9.99. The predicted octanol–water partition coefficient (Wildman–Crippen LogP) is 0.510. The molecule has 1 aromatic rings. The average molecular weight is 281 g/mol. The molecule has 2 rings (SSSR count). The Hall–Kier alpha value is -1.76. The second-order valence-electron chi connectivity index (χ2n) is 4.39. The molecular weight excluding hydrogens is 266 g/mol. The van der Waals surface area contributed by atoms with Gasteiger partial charge in [-0.1, -0.05) is 0 Å². The SMILES string of the molecule is Cn1nccc1C=CC(=O)NC1(C(=O)O)CCSC1. The van der Waals surface area contributed by atoms with Gasteiger partial charge in [0.2, 0.25) is 5.91 Å².